The van der Waals surface area contributed by atoms with Gasteiger partial charge in [0.05, 0.1) is 66.1 Å². The van der Waals surface area contributed by atoms with E-state index in [0.29, 0.717) is 64.1 Å². The van der Waals surface area contributed by atoms with Crippen molar-refractivity contribution in [3.8, 4) is 0 Å². The number of ether oxygens (including phenoxy) is 6. The van der Waals surface area contributed by atoms with E-state index in [1.807, 2.05) is 0 Å². The number of hydrogen-bond donors (Lipinski definition) is 1. The Kier molecular flexibility index (Phi) is 25.3. The van der Waals surface area contributed by atoms with Crippen LogP contribution in [0.5, 0.6) is 0 Å². The largest absolute Gasteiger partial charge is 0.383 e. The molecule has 0 bridgehead atoms. The zero-order valence-electron chi connectivity index (χ0n) is 24.7. The molecule has 214 valence electrons. The second kappa shape index (κ2) is 24.0. The van der Waals surface area contributed by atoms with Crippen LogP contribution in [-0.4, -0.2) is 111 Å². The van der Waals surface area contributed by atoms with Gasteiger partial charge in [0.15, 0.2) is 0 Å². The van der Waals surface area contributed by atoms with Gasteiger partial charge in [0, 0.05) is 33.9 Å². The van der Waals surface area contributed by atoms with E-state index >= 15 is 0 Å². The minimum atomic E-state index is 0.175. The molecule has 0 spiro atoms. The Morgan fingerprint density at radius 3 is 1.54 bits per heavy atom. The van der Waals surface area contributed by atoms with Crippen LogP contribution in [0.15, 0.2) is 0 Å². The van der Waals surface area contributed by atoms with Gasteiger partial charge in [0.2, 0.25) is 0 Å². The van der Waals surface area contributed by atoms with Gasteiger partial charge in [-0.25, -0.2) is 0 Å². The van der Waals surface area contributed by atoms with E-state index in [0.717, 1.165) is 45.9 Å². The molecule has 8 heteroatoms. The van der Waals surface area contributed by atoms with Crippen molar-refractivity contribution < 1.29 is 28.4 Å². The number of nitrogens with two attached hydrogens (primary N) is 1. The second-order valence-electron chi connectivity index (χ2n) is 10.6. The summed E-state index contributed by atoms with van der Waals surface area (Å²) in [5, 5.41) is 0. The first-order valence-corrected chi connectivity index (χ1v) is 13.3. The third-order valence-corrected chi connectivity index (χ3v) is 6.04. The molecule has 0 amide bonds. The highest BCUT2D eigenvalue weighted by Crippen LogP contribution is 2.39. The van der Waals surface area contributed by atoms with Gasteiger partial charge in [0.25, 0.3) is 0 Å². The average Bonchev–Trinajstić information content (AvgIpc) is 2.79. The number of nitrogens with zero attached hydrogens (tertiary/aromatic N) is 1. The molecule has 0 rings (SSSR count). The molecule has 0 aromatic rings. The fourth-order valence-corrected chi connectivity index (χ4v) is 3.46. The molecule has 35 heavy (non-hydrogen) atoms. The van der Waals surface area contributed by atoms with Crippen LogP contribution in [0.3, 0.4) is 0 Å². The lowest BCUT2D eigenvalue weighted by Gasteiger charge is -2.37. The van der Waals surface area contributed by atoms with E-state index in [-0.39, 0.29) is 5.41 Å². The summed E-state index contributed by atoms with van der Waals surface area (Å²) in [6.07, 6.45) is 1.15. The summed E-state index contributed by atoms with van der Waals surface area (Å²) in [6, 6.07) is 0. The Labute approximate surface area is 217 Å². The third-order valence-electron chi connectivity index (χ3n) is 6.04. The van der Waals surface area contributed by atoms with Gasteiger partial charge in [-0.15, -0.1) is 0 Å². The Morgan fingerprint density at radius 2 is 1.14 bits per heavy atom. The molecule has 0 saturated carbocycles. The molecule has 0 atom stereocenters. The van der Waals surface area contributed by atoms with Gasteiger partial charge >= 0.3 is 0 Å². The molecule has 0 fully saturated rings. The van der Waals surface area contributed by atoms with Crippen LogP contribution in [0, 0.1) is 16.7 Å². The van der Waals surface area contributed by atoms with Crippen LogP contribution in [0.2, 0.25) is 0 Å². The van der Waals surface area contributed by atoms with E-state index in [4.69, 9.17) is 29.4 Å². The van der Waals surface area contributed by atoms with E-state index in [2.05, 4.69) is 58.1 Å². The first-order valence-electron chi connectivity index (χ1n) is 13.3. The fraction of sp³-hybridized carbons (Fsp3) is 1.00. The minimum Gasteiger partial charge on any atom is -0.383 e. The zero-order valence-corrected chi connectivity index (χ0v) is 24.7. The number of rotatable bonds is 23. The van der Waals surface area contributed by atoms with Crippen LogP contribution < -0.4 is 5.73 Å². The molecule has 0 saturated heterocycles. The highest BCUT2D eigenvalue weighted by Gasteiger charge is 2.31. The quantitative estimate of drug-likeness (QED) is 0.209. The van der Waals surface area contributed by atoms with Crippen LogP contribution in [0.4, 0.5) is 0 Å². The molecule has 0 heterocycles. The maximum Gasteiger partial charge on any atom is 0.0701 e. The van der Waals surface area contributed by atoms with Gasteiger partial charge < -0.3 is 34.2 Å². The summed E-state index contributed by atoms with van der Waals surface area (Å²) in [7, 11) is 3.36. The fourth-order valence-electron chi connectivity index (χ4n) is 3.46. The predicted octanol–water partition coefficient (Wildman–Crippen LogP) is 3.71. The van der Waals surface area contributed by atoms with Gasteiger partial charge in [-0.1, -0.05) is 48.5 Å². The molecule has 0 aliphatic rings. The predicted molar refractivity (Wildman–Crippen MR) is 145 cm³/mol. The third kappa shape index (κ3) is 25.1. The molecular weight excluding hydrogens is 448 g/mol. The molecule has 0 aliphatic carbocycles. The zero-order chi connectivity index (χ0) is 27.0. The lowest BCUT2D eigenvalue weighted by Crippen LogP contribution is -2.31. The lowest BCUT2D eigenvalue weighted by molar-refractivity contribution is -0.0215. The standard InChI is InChI=1S/C24H51NO5.C3H9NO/c1-9-25(10-12-26-8)11-13-27-14-15-28-16-17-29-18-19-30-21-23(4,5)20-24(6,7)22(2)3;1-5-3-2-4/h22H,9-21H2,1-8H3;2-4H2,1H3. The number of likely N-dealkylation sites (N-methyl/N-ethyl adjacent to an activating group) is 1. The molecule has 0 aromatic carbocycles. The summed E-state index contributed by atoms with van der Waals surface area (Å²) in [4.78, 5) is 2.31. The second-order valence-corrected chi connectivity index (χ2v) is 10.6. The SMILES string of the molecule is CCN(CCOC)CCOCCOCCOCCOCC(C)(C)CC(C)(C)C(C)C.COCCN. The van der Waals surface area contributed by atoms with Crippen LogP contribution >= 0.6 is 0 Å². The Hall–Kier alpha value is -0.320. The maximum absolute atomic E-state index is 5.85. The first kappa shape index (κ1) is 36.8. The molecule has 0 radical (unpaired) electrons. The van der Waals surface area contributed by atoms with Gasteiger partial charge in [-0.2, -0.15) is 0 Å². The summed E-state index contributed by atoms with van der Waals surface area (Å²) in [6.45, 7) is 26.1. The first-order chi connectivity index (χ1) is 16.6. The lowest BCUT2D eigenvalue weighted by atomic mass is 9.70. The number of methoxy groups -OCH3 is 2. The van der Waals surface area contributed by atoms with Crippen molar-refractivity contribution in [3.05, 3.63) is 0 Å². The summed E-state index contributed by atoms with van der Waals surface area (Å²) in [5.74, 6) is 0.664. The monoisotopic (exact) mass is 508 g/mol. The molecule has 0 unspecified atom stereocenters. The van der Waals surface area contributed by atoms with Crippen LogP contribution in [-0.2, 0) is 28.4 Å². The van der Waals surface area contributed by atoms with Crippen molar-refractivity contribution in [2.75, 3.05) is 106 Å². The van der Waals surface area contributed by atoms with E-state index in [1.54, 1.807) is 14.2 Å². The smallest absolute Gasteiger partial charge is 0.0701 e. The van der Waals surface area contributed by atoms with Crippen LogP contribution in [0.1, 0.15) is 54.9 Å². The minimum absolute atomic E-state index is 0.175. The van der Waals surface area contributed by atoms with Gasteiger partial charge in [0.1, 0.15) is 0 Å². The maximum atomic E-state index is 5.85. The normalized spacial score (nSPS) is 12.3. The Balaban J connectivity index is 0. The average molecular weight is 509 g/mol. The van der Waals surface area contributed by atoms with E-state index in [9.17, 15) is 0 Å². The molecular formula is C27H60N2O6. The van der Waals surface area contributed by atoms with Crippen molar-refractivity contribution in [2.24, 2.45) is 22.5 Å². The molecule has 0 aromatic heterocycles. The summed E-state index contributed by atoms with van der Waals surface area (Å²) >= 11 is 0. The molecule has 0 aliphatic heterocycles. The van der Waals surface area contributed by atoms with E-state index < -0.39 is 0 Å². The van der Waals surface area contributed by atoms with Gasteiger partial charge in [-0.3, -0.25) is 4.90 Å². The summed E-state index contributed by atoms with van der Waals surface area (Å²) in [5.41, 5.74) is 5.51. The summed E-state index contributed by atoms with van der Waals surface area (Å²) < 4.78 is 32.3. The highest BCUT2D eigenvalue weighted by atomic mass is 16.6. The van der Waals surface area contributed by atoms with Gasteiger partial charge in [-0.05, 0) is 29.7 Å². The highest BCUT2D eigenvalue weighted by molar-refractivity contribution is 4.81. The Bertz CT molecular complexity index is 434. The molecule has 2 N–H and O–H groups in total. The van der Waals surface area contributed by atoms with Crippen molar-refractivity contribution >= 4 is 0 Å². The van der Waals surface area contributed by atoms with Crippen molar-refractivity contribution in [2.45, 2.75) is 54.9 Å². The Morgan fingerprint density at radius 1 is 0.686 bits per heavy atom. The van der Waals surface area contributed by atoms with E-state index in [1.165, 1.54) is 0 Å². The van der Waals surface area contributed by atoms with Crippen LogP contribution in [0.25, 0.3) is 0 Å². The van der Waals surface area contributed by atoms with Crippen molar-refractivity contribution in [3.63, 3.8) is 0 Å². The molecule has 8 nitrogen and oxygen atoms in total. The van der Waals surface area contributed by atoms with Crippen molar-refractivity contribution in [1.82, 2.24) is 4.90 Å². The number of hydrogen-bond acceptors (Lipinski definition) is 8. The van der Waals surface area contributed by atoms with Crippen molar-refractivity contribution in [1.29, 1.82) is 0 Å². The topological polar surface area (TPSA) is 84.6 Å².